The molecule has 6 nitrogen and oxygen atoms in total. The molecule has 2 amide bonds. The molecule has 1 aromatic carbocycles. The molecule has 3 rings (SSSR count). The van der Waals surface area contributed by atoms with E-state index in [-0.39, 0.29) is 28.9 Å². The lowest BCUT2D eigenvalue weighted by Gasteiger charge is -2.22. The molecule has 22 heavy (non-hydrogen) atoms. The minimum atomic E-state index is -0.621. The van der Waals surface area contributed by atoms with Gasteiger partial charge in [0.15, 0.2) is 0 Å². The summed E-state index contributed by atoms with van der Waals surface area (Å²) in [5.74, 6) is -0.678. The van der Waals surface area contributed by atoms with Crippen molar-refractivity contribution in [3.8, 4) is 0 Å². The van der Waals surface area contributed by atoms with E-state index in [9.17, 15) is 14.4 Å². The summed E-state index contributed by atoms with van der Waals surface area (Å²) >= 11 is 0. The number of thiol groups is 1. The van der Waals surface area contributed by atoms with Gasteiger partial charge in [0.2, 0.25) is 11.8 Å². The van der Waals surface area contributed by atoms with Crippen molar-refractivity contribution in [2.24, 2.45) is 7.05 Å². The quantitative estimate of drug-likeness (QED) is 0.639. The number of hydrogen-bond acceptors (Lipinski definition) is 3. The average molecular weight is 321 g/mol. The summed E-state index contributed by atoms with van der Waals surface area (Å²) in [5, 5.41) is 2.31. The van der Waals surface area contributed by atoms with Crippen LogP contribution in [0.5, 0.6) is 0 Å². The van der Waals surface area contributed by atoms with E-state index in [2.05, 4.69) is 17.8 Å². The van der Waals surface area contributed by atoms with Gasteiger partial charge in [0, 0.05) is 13.5 Å². The van der Waals surface area contributed by atoms with Crippen LogP contribution in [0.1, 0.15) is 18.9 Å². The second-order valence-corrected chi connectivity index (χ2v) is 8.05. The van der Waals surface area contributed by atoms with E-state index in [0.29, 0.717) is 6.42 Å². The smallest absolute Gasteiger partial charge is 0.295 e. The van der Waals surface area contributed by atoms with Crippen molar-refractivity contribution in [3.63, 3.8) is 0 Å². The Labute approximate surface area is 130 Å². The zero-order valence-electron chi connectivity index (χ0n) is 12.8. The van der Waals surface area contributed by atoms with Gasteiger partial charge in [0.1, 0.15) is 6.04 Å². The number of nitrogens with zero attached hydrogens (tertiary/aromatic N) is 2. The molecule has 0 saturated carbocycles. The maximum atomic E-state index is 12.6. The Bertz CT molecular complexity index is 834. The van der Waals surface area contributed by atoms with Crippen LogP contribution in [0.2, 0.25) is 0 Å². The molecule has 2 aromatic rings. The molecule has 0 radical (unpaired) electrons. The molecule has 1 aliphatic rings. The Hall–Kier alpha value is -2.02. The SMILES string of the molecule is Cn1c(=O)n([C@H]2CCC(=O)NC2=O)c2ccc([SH](C)C)cc21. The summed E-state index contributed by atoms with van der Waals surface area (Å²) < 4.78 is 3.08. The fourth-order valence-corrected chi connectivity index (χ4v) is 3.61. The van der Waals surface area contributed by atoms with Crippen LogP contribution in [0.4, 0.5) is 0 Å². The van der Waals surface area contributed by atoms with Gasteiger partial charge < -0.3 is 0 Å². The maximum absolute atomic E-state index is 12.6. The molecule has 0 spiro atoms. The van der Waals surface area contributed by atoms with E-state index in [1.165, 1.54) is 9.46 Å². The largest absolute Gasteiger partial charge is 0.329 e. The number of carbonyl (C=O) groups excluding carboxylic acids is 2. The Morgan fingerprint density at radius 2 is 1.91 bits per heavy atom. The number of hydrogen-bond donors (Lipinski definition) is 2. The highest BCUT2D eigenvalue weighted by Gasteiger charge is 2.31. The highest BCUT2D eigenvalue weighted by molar-refractivity contribution is 8.15. The van der Waals surface area contributed by atoms with Crippen molar-refractivity contribution in [1.82, 2.24) is 14.5 Å². The number of benzene rings is 1. The first kappa shape index (κ1) is 14.9. The van der Waals surface area contributed by atoms with Gasteiger partial charge in [-0.2, -0.15) is 0 Å². The van der Waals surface area contributed by atoms with Crippen molar-refractivity contribution in [3.05, 3.63) is 28.7 Å². The summed E-state index contributed by atoms with van der Waals surface area (Å²) in [5.41, 5.74) is 1.34. The molecule has 1 N–H and O–H groups in total. The molecule has 0 aliphatic carbocycles. The van der Waals surface area contributed by atoms with Gasteiger partial charge in [-0.1, -0.05) is 0 Å². The van der Waals surface area contributed by atoms with E-state index in [4.69, 9.17) is 0 Å². The minimum Gasteiger partial charge on any atom is -0.295 e. The van der Waals surface area contributed by atoms with Gasteiger partial charge in [-0.25, -0.2) is 15.7 Å². The third kappa shape index (κ3) is 2.25. The number of imidazole rings is 1. The van der Waals surface area contributed by atoms with Crippen molar-refractivity contribution in [2.75, 3.05) is 12.5 Å². The fourth-order valence-electron chi connectivity index (χ4n) is 2.86. The summed E-state index contributed by atoms with van der Waals surface area (Å²) in [6.07, 6.45) is 4.93. The number of rotatable bonds is 2. The normalized spacial score (nSPS) is 19.4. The monoisotopic (exact) mass is 321 g/mol. The number of imide groups is 1. The van der Waals surface area contributed by atoms with Crippen LogP contribution in [0.25, 0.3) is 11.0 Å². The van der Waals surface area contributed by atoms with E-state index in [1.807, 2.05) is 18.2 Å². The summed E-state index contributed by atoms with van der Waals surface area (Å²) in [6.45, 7) is 0. The maximum Gasteiger partial charge on any atom is 0.329 e. The molecule has 1 saturated heterocycles. The lowest BCUT2D eigenvalue weighted by Crippen LogP contribution is -2.44. The van der Waals surface area contributed by atoms with Crippen molar-refractivity contribution in [1.29, 1.82) is 0 Å². The predicted octanol–water partition coefficient (Wildman–Crippen LogP) is 0.937. The number of piperidine rings is 1. The lowest BCUT2D eigenvalue weighted by atomic mass is 10.1. The number of amides is 2. The van der Waals surface area contributed by atoms with Crippen molar-refractivity contribution in [2.45, 2.75) is 23.8 Å². The summed E-state index contributed by atoms with van der Waals surface area (Å²) in [7, 11) is 1.45. The van der Waals surface area contributed by atoms with Gasteiger partial charge >= 0.3 is 5.69 Å². The van der Waals surface area contributed by atoms with E-state index in [0.717, 1.165) is 11.0 Å². The molecular weight excluding hydrogens is 302 g/mol. The van der Waals surface area contributed by atoms with Crippen LogP contribution >= 0.6 is 10.9 Å². The third-order valence-electron chi connectivity index (χ3n) is 4.11. The van der Waals surface area contributed by atoms with Crippen LogP contribution in [-0.2, 0) is 16.6 Å². The Balaban J connectivity index is 2.18. The van der Waals surface area contributed by atoms with Gasteiger partial charge in [0.25, 0.3) is 0 Å². The second kappa shape index (κ2) is 5.31. The molecule has 1 aromatic heterocycles. The Morgan fingerprint density at radius 3 is 2.55 bits per heavy atom. The first-order valence-corrected chi connectivity index (χ1v) is 9.35. The van der Waals surface area contributed by atoms with Gasteiger partial charge in [-0.3, -0.25) is 24.0 Å². The van der Waals surface area contributed by atoms with Gasteiger partial charge in [-0.05, 0) is 42.0 Å². The first-order chi connectivity index (χ1) is 10.4. The summed E-state index contributed by atoms with van der Waals surface area (Å²) in [4.78, 5) is 37.2. The predicted molar refractivity (Wildman–Crippen MR) is 87.7 cm³/mol. The molecule has 0 unspecified atom stereocenters. The molecule has 1 atom stereocenters. The molecule has 2 heterocycles. The van der Waals surface area contributed by atoms with Crippen LogP contribution in [0.3, 0.4) is 0 Å². The van der Waals surface area contributed by atoms with E-state index < -0.39 is 11.9 Å². The Kier molecular flexibility index (Phi) is 3.60. The molecule has 1 aliphatic heterocycles. The van der Waals surface area contributed by atoms with Gasteiger partial charge in [-0.15, -0.1) is 0 Å². The van der Waals surface area contributed by atoms with Crippen molar-refractivity contribution >= 4 is 33.7 Å². The third-order valence-corrected chi connectivity index (χ3v) is 5.42. The molecule has 7 heteroatoms. The topological polar surface area (TPSA) is 73.1 Å². The first-order valence-electron chi connectivity index (χ1n) is 7.12. The van der Waals surface area contributed by atoms with Crippen LogP contribution < -0.4 is 11.0 Å². The lowest BCUT2D eigenvalue weighted by molar-refractivity contribution is -0.135. The number of fused-ring (bicyclic) bond motifs is 1. The highest BCUT2D eigenvalue weighted by Crippen LogP contribution is 2.31. The average Bonchev–Trinajstić information content (AvgIpc) is 2.71. The molecule has 118 valence electrons. The molecule has 1 fully saturated rings. The summed E-state index contributed by atoms with van der Waals surface area (Å²) in [6, 6.07) is 5.31. The fraction of sp³-hybridized carbons (Fsp3) is 0.400. The number of aromatic nitrogens is 2. The second-order valence-electron chi connectivity index (χ2n) is 5.75. The zero-order valence-corrected chi connectivity index (χ0v) is 13.7. The van der Waals surface area contributed by atoms with Gasteiger partial charge in [0.05, 0.1) is 11.0 Å². The molecule has 0 bridgehead atoms. The number of carbonyl (C=O) groups is 2. The zero-order chi connectivity index (χ0) is 16.0. The number of aryl methyl sites for hydroxylation is 1. The molecular formula is C15H19N3O3S. The van der Waals surface area contributed by atoms with E-state index >= 15 is 0 Å². The van der Waals surface area contributed by atoms with E-state index in [1.54, 1.807) is 11.6 Å². The Morgan fingerprint density at radius 1 is 1.18 bits per heavy atom. The number of nitrogens with one attached hydrogen (secondary N) is 1. The van der Waals surface area contributed by atoms with Crippen LogP contribution in [0, 0.1) is 0 Å². The standard InChI is InChI=1S/C15H19N3O3S/c1-17-12-8-9(22(2)3)4-5-10(12)18(15(17)21)11-6-7-13(19)16-14(11)20/h4-5,8,11,22H,6-7H2,1-3H3,(H,16,19,20)/t11-/m0/s1. The van der Waals surface area contributed by atoms with Crippen LogP contribution in [0.15, 0.2) is 27.9 Å². The highest BCUT2D eigenvalue weighted by atomic mass is 32.2. The minimum absolute atomic E-state index is 0.224. The van der Waals surface area contributed by atoms with Crippen molar-refractivity contribution < 1.29 is 9.59 Å². The van der Waals surface area contributed by atoms with Crippen LogP contribution in [-0.4, -0.2) is 33.5 Å².